The van der Waals surface area contributed by atoms with Gasteiger partial charge in [-0.15, -0.1) is 0 Å². The number of hydrogen-bond acceptors (Lipinski definition) is 2. The molecule has 0 radical (unpaired) electrons. The fourth-order valence-corrected chi connectivity index (χ4v) is 17.9. The van der Waals surface area contributed by atoms with Crippen molar-refractivity contribution in [1.29, 1.82) is 0 Å². The molecule has 0 atom stereocenters. The van der Waals surface area contributed by atoms with Gasteiger partial charge in [-0.25, -0.2) is 0 Å². The maximum absolute atomic E-state index is 10.3. The number of nitrogens with zero attached hydrogens (tertiary/aromatic N) is 4. The monoisotopic (exact) mass is 1490 g/mol. The molecule has 15 aromatic carbocycles. The largest absolute Gasteiger partial charge is 0.311 e. The highest BCUT2D eigenvalue weighted by atomic mass is 15.2. The molecule has 2 aromatic heterocycles. The highest BCUT2D eigenvalue weighted by molar-refractivity contribution is 7.00. The van der Waals surface area contributed by atoms with Crippen LogP contribution in [0.3, 0.4) is 0 Å². The molecule has 0 bridgehead atoms. The fourth-order valence-electron chi connectivity index (χ4n) is 17.9. The third-order valence-electron chi connectivity index (χ3n) is 24.3. The third-order valence-corrected chi connectivity index (χ3v) is 24.3. The molecular weight excluding hydrogens is 1390 g/mol. The summed E-state index contributed by atoms with van der Waals surface area (Å²) < 4.78 is 43.9. The average Bonchev–Trinajstić information content (AvgIpc) is 1.26. The molecule has 0 fully saturated rings. The number of aromatic nitrogens is 2. The average molecular weight is 1490 g/mol. The summed E-state index contributed by atoms with van der Waals surface area (Å²) in [6.45, 7) is 34.5. The van der Waals surface area contributed by atoms with Gasteiger partial charge in [0, 0.05) is 72.5 Å². The standard InChI is InChI=1S/C110H99BN4/c1-106(2,3)80-55-77(56-81(64-80)107(4,5)6)74-48-51-94-100(61-74)114(87-59-75(70-34-20-16-21-35-70)54-76(60-87)71-36-22-17-23-37-71)102-62-79(78-57-82(108(7,8)9)65-83(58-78)109(10,11)12)63-103-104(102)111(94)95-52-49-86(69-101(95)115(103)105-91(72-38-24-18-25-39-72)66-84(110(13,14)15)67-92(105)73-40-26-19-27-41-73)113-98-47-33-30-44-90(98)93-68-85(50-53-99(93)113)112-96-45-31-28-42-88(96)89-43-29-32-46-97(89)112/h16-69H,1-15H3/i30D,33D,44D,47D. The Morgan fingerprint density at radius 2 is 0.617 bits per heavy atom. The van der Waals surface area contributed by atoms with Gasteiger partial charge in [-0.1, -0.05) is 334 Å². The van der Waals surface area contributed by atoms with E-state index in [2.05, 4.69) is 426 Å². The lowest BCUT2D eigenvalue weighted by Gasteiger charge is -2.45. The molecule has 4 nitrogen and oxygen atoms in total. The summed E-state index contributed by atoms with van der Waals surface area (Å²) in [5.74, 6) is 0. The van der Waals surface area contributed by atoms with Gasteiger partial charge in [0.05, 0.1) is 33.2 Å². The summed E-state index contributed by atoms with van der Waals surface area (Å²) in [7, 11) is 0. The van der Waals surface area contributed by atoms with E-state index < -0.39 is 6.71 Å². The fraction of sp³-hybridized carbons (Fsp3) is 0.182. The van der Waals surface area contributed by atoms with Crippen LogP contribution in [0.4, 0.5) is 34.1 Å². The summed E-state index contributed by atoms with van der Waals surface area (Å²) in [5, 5.41) is 3.43. The van der Waals surface area contributed by atoms with Gasteiger partial charge >= 0.3 is 0 Å². The van der Waals surface area contributed by atoms with E-state index in [-0.39, 0.29) is 51.2 Å². The quantitative estimate of drug-likeness (QED) is 0.127. The number of anilines is 6. The summed E-state index contributed by atoms with van der Waals surface area (Å²) in [6, 6.07) is 112. The molecule has 0 saturated heterocycles. The van der Waals surface area contributed by atoms with Crippen molar-refractivity contribution in [1.82, 2.24) is 9.13 Å². The molecule has 0 N–H and O–H groups in total. The van der Waals surface area contributed by atoms with Crippen LogP contribution in [0.25, 0.3) is 122 Å². The molecule has 0 saturated carbocycles. The maximum Gasteiger partial charge on any atom is 0.252 e. The number of rotatable bonds is 10. The Bertz CT molecular complexity index is 6740. The molecule has 2 aliphatic heterocycles. The lowest BCUT2D eigenvalue weighted by molar-refractivity contribution is 0.568. The Morgan fingerprint density at radius 1 is 0.243 bits per heavy atom. The van der Waals surface area contributed by atoms with Crippen LogP contribution in [0.1, 0.15) is 137 Å². The first-order valence-corrected chi connectivity index (χ1v) is 40.8. The first kappa shape index (κ1) is 68.2. The molecular formula is C110H99BN4. The minimum absolute atomic E-state index is 0.0884. The van der Waals surface area contributed by atoms with Crippen LogP contribution in [0.5, 0.6) is 0 Å². The molecule has 5 heteroatoms. The van der Waals surface area contributed by atoms with Crippen molar-refractivity contribution in [2.75, 3.05) is 9.80 Å². The number of benzene rings is 15. The summed E-state index contributed by atoms with van der Waals surface area (Å²) in [6.07, 6.45) is 0. The second-order valence-electron chi connectivity index (χ2n) is 37.2. The van der Waals surface area contributed by atoms with Crippen LogP contribution in [0.15, 0.2) is 327 Å². The Hall–Kier alpha value is -12.4. The van der Waals surface area contributed by atoms with Crippen molar-refractivity contribution in [3.8, 4) is 78.1 Å². The molecule has 115 heavy (non-hydrogen) atoms. The van der Waals surface area contributed by atoms with Crippen molar-refractivity contribution in [2.45, 2.75) is 131 Å². The molecule has 19 rings (SSSR count). The molecule has 0 aliphatic carbocycles. The number of fused-ring (bicyclic) bond motifs is 10. The van der Waals surface area contributed by atoms with Crippen molar-refractivity contribution >= 4 is 101 Å². The second kappa shape index (κ2) is 27.1. The predicted octanol–water partition coefficient (Wildman–Crippen LogP) is 28.5. The van der Waals surface area contributed by atoms with Crippen LogP contribution in [-0.2, 0) is 27.1 Å². The first-order valence-electron chi connectivity index (χ1n) is 42.8. The van der Waals surface area contributed by atoms with Gasteiger partial charge in [0.2, 0.25) is 0 Å². The number of hydrogen-bond donors (Lipinski definition) is 0. The van der Waals surface area contributed by atoms with E-state index in [0.717, 1.165) is 161 Å². The van der Waals surface area contributed by atoms with E-state index >= 15 is 0 Å². The minimum Gasteiger partial charge on any atom is -0.311 e. The highest BCUT2D eigenvalue weighted by Crippen LogP contribution is 2.55. The predicted molar refractivity (Wildman–Crippen MR) is 495 cm³/mol. The Balaban J connectivity index is 0.997. The van der Waals surface area contributed by atoms with Gasteiger partial charge in [0.1, 0.15) is 0 Å². The van der Waals surface area contributed by atoms with Crippen LogP contribution in [0, 0.1) is 0 Å². The summed E-state index contributed by atoms with van der Waals surface area (Å²) >= 11 is 0. The van der Waals surface area contributed by atoms with Crippen molar-refractivity contribution < 1.29 is 5.48 Å². The zero-order valence-electron chi connectivity index (χ0n) is 72.7. The molecule has 0 unspecified atom stereocenters. The van der Waals surface area contributed by atoms with Crippen molar-refractivity contribution in [2.24, 2.45) is 0 Å². The molecule has 0 amide bonds. The van der Waals surface area contributed by atoms with E-state index in [0.29, 0.717) is 10.9 Å². The maximum atomic E-state index is 10.3. The second-order valence-corrected chi connectivity index (χ2v) is 37.2. The first-order chi connectivity index (χ1) is 56.8. The van der Waals surface area contributed by atoms with Crippen molar-refractivity contribution in [3.63, 3.8) is 0 Å². The topological polar surface area (TPSA) is 16.3 Å². The molecule has 0 spiro atoms. The zero-order valence-corrected chi connectivity index (χ0v) is 68.7. The normalized spacial score (nSPS) is 13.6. The SMILES string of the molecule is [2H]c1c([2H])c([2H])c2c(c1[2H])c1cc(-n3c4ccccc4c4ccccc43)ccc1n2-c1ccc2c(c1)N(c1c(-c3ccccc3)cc(C(C)(C)C)cc1-c1ccccc1)c1cc(-c3cc(C(C)(C)C)cc(C(C)(C)C)c3)cc3c1B2c1ccc(-c2cc(C(C)(C)C)cc(C(C)(C)C)c2)cc1N3c1cc(-c2ccccc2)cc(-c2ccccc2)c1. The lowest BCUT2D eigenvalue weighted by atomic mass is 9.33. The summed E-state index contributed by atoms with van der Waals surface area (Å²) in [4.78, 5) is 5.25. The van der Waals surface area contributed by atoms with E-state index in [1.165, 1.54) is 27.8 Å². The van der Waals surface area contributed by atoms with Gasteiger partial charge in [0.25, 0.3) is 6.71 Å². The third kappa shape index (κ3) is 12.7. The van der Waals surface area contributed by atoms with Gasteiger partial charge in [-0.05, 0) is 224 Å². The Labute approximate surface area is 685 Å². The molecule has 2 aliphatic rings. The Kier molecular flexibility index (Phi) is 16.1. The van der Waals surface area contributed by atoms with Crippen molar-refractivity contribution in [3.05, 3.63) is 355 Å². The van der Waals surface area contributed by atoms with E-state index in [1.807, 2.05) is 0 Å². The minimum atomic E-state index is -0.393. The van der Waals surface area contributed by atoms with Gasteiger partial charge in [-0.2, -0.15) is 0 Å². The smallest absolute Gasteiger partial charge is 0.252 e. The van der Waals surface area contributed by atoms with Gasteiger partial charge < -0.3 is 18.9 Å². The van der Waals surface area contributed by atoms with Gasteiger partial charge in [0.15, 0.2) is 0 Å². The van der Waals surface area contributed by atoms with E-state index in [1.54, 1.807) is 0 Å². The zero-order chi connectivity index (χ0) is 82.8. The molecule has 4 heterocycles. The molecule has 562 valence electrons. The van der Waals surface area contributed by atoms with Gasteiger partial charge in [-0.3, -0.25) is 0 Å². The van der Waals surface area contributed by atoms with Crippen LogP contribution in [-0.4, -0.2) is 15.8 Å². The van der Waals surface area contributed by atoms with E-state index in [9.17, 15) is 5.48 Å². The van der Waals surface area contributed by atoms with E-state index in [4.69, 9.17) is 0 Å². The summed E-state index contributed by atoms with van der Waals surface area (Å²) in [5.41, 5.74) is 32.7. The number of para-hydroxylation sites is 3. The lowest BCUT2D eigenvalue weighted by Crippen LogP contribution is -2.61. The molecule has 17 aromatic rings. The highest BCUT2D eigenvalue weighted by Gasteiger charge is 2.46. The Morgan fingerprint density at radius 3 is 1.12 bits per heavy atom. The van der Waals surface area contributed by atoms with Crippen LogP contribution < -0.4 is 26.2 Å². The van der Waals surface area contributed by atoms with Crippen LogP contribution >= 0.6 is 0 Å². The van der Waals surface area contributed by atoms with Crippen LogP contribution in [0.2, 0.25) is 0 Å².